The Morgan fingerprint density at radius 2 is 1.92 bits per heavy atom. The zero-order valence-electron chi connectivity index (χ0n) is 14.7. The van der Waals surface area contributed by atoms with Crippen LogP contribution in [0.4, 0.5) is 15.8 Å². The van der Waals surface area contributed by atoms with Crippen molar-refractivity contribution in [1.29, 1.82) is 0 Å². The number of nitrogens with zero attached hydrogens (tertiary/aromatic N) is 1. The maximum Gasteiger partial charge on any atom is 0.240 e. The zero-order chi connectivity index (χ0) is 18.7. The van der Waals surface area contributed by atoms with Crippen LogP contribution in [0.3, 0.4) is 0 Å². The van der Waals surface area contributed by atoms with Crippen molar-refractivity contribution in [2.75, 3.05) is 16.0 Å². The number of carbonyl (C=O) groups excluding carboxylic acids is 2. The first kappa shape index (κ1) is 18.5. The van der Waals surface area contributed by atoms with E-state index in [0.717, 1.165) is 12.1 Å². The predicted molar refractivity (Wildman–Crippen MR) is 104 cm³/mol. The molecular weight excluding hydrogens is 351 g/mol. The number of carbonyl (C=O) groups is 2. The Morgan fingerprint density at radius 1 is 1.23 bits per heavy atom. The average molecular weight is 372 g/mol. The number of amides is 2. The molecule has 1 heterocycles. The summed E-state index contributed by atoms with van der Waals surface area (Å²) in [6.07, 6.45) is 0.852. The molecule has 3 rings (SSSR count). The minimum Gasteiger partial charge on any atom is -0.325 e. The summed E-state index contributed by atoms with van der Waals surface area (Å²) >= 11 is 1.30. The molecule has 1 N–H and O–H groups in total. The van der Waals surface area contributed by atoms with Crippen molar-refractivity contribution in [3.05, 3.63) is 59.9 Å². The van der Waals surface area contributed by atoms with Crippen molar-refractivity contribution in [3.63, 3.8) is 0 Å². The van der Waals surface area contributed by atoms with E-state index >= 15 is 0 Å². The summed E-state index contributed by atoms with van der Waals surface area (Å²) in [6.45, 7) is 3.86. The van der Waals surface area contributed by atoms with Crippen LogP contribution < -0.4 is 10.2 Å². The first-order valence-corrected chi connectivity index (χ1v) is 9.58. The lowest BCUT2D eigenvalue weighted by atomic mass is 10.1. The number of benzene rings is 2. The number of fused-ring (bicyclic) bond motifs is 1. The molecule has 1 aliphatic rings. The Bertz CT molecular complexity index is 810. The molecule has 136 valence electrons. The van der Waals surface area contributed by atoms with Crippen LogP contribution in [-0.4, -0.2) is 28.9 Å². The van der Waals surface area contributed by atoms with E-state index in [2.05, 4.69) is 5.32 Å². The third-order valence-electron chi connectivity index (χ3n) is 4.38. The summed E-state index contributed by atoms with van der Waals surface area (Å²) < 4.78 is 12.9. The molecule has 2 unspecified atom stereocenters. The van der Waals surface area contributed by atoms with Gasteiger partial charge in [0.2, 0.25) is 11.8 Å². The lowest BCUT2D eigenvalue weighted by molar-refractivity contribution is -0.118. The summed E-state index contributed by atoms with van der Waals surface area (Å²) in [5.74, 6) is -0.386. The second-order valence-electron chi connectivity index (χ2n) is 6.40. The van der Waals surface area contributed by atoms with Gasteiger partial charge in [0.25, 0.3) is 0 Å². The van der Waals surface area contributed by atoms with Gasteiger partial charge in [0.1, 0.15) is 5.82 Å². The van der Waals surface area contributed by atoms with Crippen molar-refractivity contribution < 1.29 is 14.0 Å². The van der Waals surface area contributed by atoms with Crippen LogP contribution in [0.1, 0.15) is 19.4 Å². The number of hydrogen-bond donors (Lipinski definition) is 1. The van der Waals surface area contributed by atoms with Crippen molar-refractivity contribution in [1.82, 2.24) is 0 Å². The van der Waals surface area contributed by atoms with Gasteiger partial charge < -0.3 is 10.2 Å². The standard InChI is InChI=1S/C20H21FN2O2S/c1-13-11-15-5-3-4-6-18(15)23(13)20(25)14(2)26-12-19(24)22-17-9-7-16(21)8-10-17/h3-10,13-14H,11-12H2,1-2H3,(H,22,24). The second kappa shape index (κ2) is 7.91. The number of thioether (sulfide) groups is 1. The van der Waals surface area contributed by atoms with Crippen LogP contribution in [0.5, 0.6) is 0 Å². The predicted octanol–water partition coefficient (Wildman–Crippen LogP) is 3.86. The van der Waals surface area contributed by atoms with E-state index in [-0.39, 0.29) is 34.7 Å². The van der Waals surface area contributed by atoms with Gasteiger partial charge in [-0.15, -0.1) is 11.8 Å². The highest BCUT2D eigenvalue weighted by molar-refractivity contribution is 8.01. The van der Waals surface area contributed by atoms with Crippen molar-refractivity contribution in [2.45, 2.75) is 31.6 Å². The summed E-state index contributed by atoms with van der Waals surface area (Å²) in [5.41, 5.74) is 2.69. The number of halogens is 1. The highest BCUT2D eigenvalue weighted by Crippen LogP contribution is 2.33. The van der Waals surface area contributed by atoms with Crippen LogP contribution in [0.2, 0.25) is 0 Å². The van der Waals surface area contributed by atoms with Gasteiger partial charge in [0.05, 0.1) is 11.0 Å². The number of rotatable bonds is 5. The molecule has 0 saturated heterocycles. The second-order valence-corrected chi connectivity index (χ2v) is 7.73. The topological polar surface area (TPSA) is 49.4 Å². The molecular formula is C20H21FN2O2S. The average Bonchev–Trinajstić information content (AvgIpc) is 2.96. The molecule has 2 aromatic carbocycles. The third-order valence-corrected chi connectivity index (χ3v) is 5.52. The van der Waals surface area contributed by atoms with Crippen molar-refractivity contribution >= 4 is 35.0 Å². The van der Waals surface area contributed by atoms with E-state index in [9.17, 15) is 14.0 Å². The lowest BCUT2D eigenvalue weighted by Crippen LogP contribution is -2.40. The van der Waals surface area contributed by atoms with Crippen LogP contribution in [0.25, 0.3) is 0 Å². The molecule has 0 spiro atoms. The minimum atomic E-state index is -0.350. The SMILES string of the molecule is CC(SCC(=O)Nc1ccc(F)cc1)C(=O)N1c2ccccc2CC1C. The molecule has 4 nitrogen and oxygen atoms in total. The summed E-state index contributed by atoms with van der Waals surface area (Å²) in [4.78, 5) is 26.8. The van der Waals surface area contributed by atoms with E-state index in [1.165, 1.54) is 41.6 Å². The zero-order valence-corrected chi connectivity index (χ0v) is 15.6. The fraction of sp³-hybridized carbons (Fsp3) is 0.300. The van der Waals surface area contributed by atoms with Gasteiger partial charge in [-0.2, -0.15) is 0 Å². The molecule has 1 aliphatic heterocycles. The van der Waals surface area contributed by atoms with Crippen molar-refractivity contribution in [2.24, 2.45) is 0 Å². The van der Waals surface area contributed by atoms with E-state index in [1.54, 1.807) is 0 Å². The molecule has 6 heteroatoms. The Kier molecular flexibility index (Phi) is 5.61. The van der Waals surface area contributed by atoms with Gasteiger partial charge in [-0.3, -0.25) is 9.59 Å². The Hall–Kier alpha value is -2.34. The molecule has 0 aliphatic carbocycles. The number of nitrogens with one attached hydrogen (secondary N) is 1. The van der Waals surface area contributed by atoms with Gasteiger partial charge in [-0.1, -0.05) is 18.2 Å². The monoisotopic (exact) mass is 372 g/mol. The highest BCUT2D eigenvalue weighted by atomic mass is 32.2. The van der Waals surface area contributed by atoms with Crippen LogP contribution >= 0.6 is 11.8 Å². The van der Waals surface area contributed by atoms with Gasteiger partial charge in [0.15, 0.2) is 0 Å². The quantitative estimate of drug-likeness (QED) is 0.867. The van der Waals surface area contributed by atoms with Gasteiger partial charge in [-0.05, 0) is 56.2 Å². The third kappa shape index (κ3) is 4.07. The normalized spacial score (nSPS) is 16.9. The van der Waals surface area contributed by atoms with E-state index in [1.807, 2.05) is 43.0 Å². The highest BCUT2D eigenvalue weighted by Gasteiger charge is 2.33. The fourth-order valence-corrected chi connectivity index (χ4v) is 3.83. The smallest absolute Gasteiger partial charge is 0.240 e. The Morgan fingerprint density at radius 3 is 2.65 bits per heavy atom. The largest absolute Gasteiger partial charge is 0.325 e. The van der Waals surface area contributed by atoms with Crippen molar-refractivity contribution in [3.8, 4) is 0 Å². The van der Waals surface area contributed by atoms with E-state index in [0.29, 0.717) is 5.69 Å². The molecule has 2 amide bonds. The van der Waals surface area contributed by atoms with E-state index < -0.39 is 0 Å². The van der Waals surface area contributed by atoms with Gasteiger partial charge >= 0.3 is 0 Å². The first-order chi connectivity index (χ1) is 12.5. The van der Waals surface area contributed by atoms with Gasteiger partial charge in [-0.25, -0.2) is 4.39 Å². The Balaban J connectivity index is 1.56. The van der Waals surface area contributed by atoms with Crippen LogP contribution in [-0.2, 0) is 16.0 Å². The summed E-state index contributed by atoms with van der Waals surface area (Å²) in [5, 5.41) is 2.38. The molecule has 0 bridgehead atoms. The molecule has 2 aromatic rings. The molecule has 26 heavy (non-hydrogen) atoms. The maximum absolute atomic E-state index is 12.9. The molecule has 0 aromatic heterocycles. The summed E-state index contributed by atoms with van der Waals surface area (Å²) in [7, 11) is 0. The maximum atomic E-state index is 12.9. The number of para-hydroxylation sites is 1. The number of hydrogen-bond acceptors (Lipinski definition) is 3. The molecule has 2 atom stereocenters. The molecule has 0 saturated carbocycles. The fourth-order valence-electron chi connectivity index (χ4n) is 3.10. The molecule has 0 radical (unpaired) electrons. The van der Waals surface area contributed by atoms with Gasteiger partial charge in [0, 0.05) is 17.4 Å². The first-order valence-electron chi connectivity index (χ1n) is 8.53. The summed E-state index contributed by atoms with van der Waals surface area (Å²) in [6, 6.07) is 13.7. The van der Waals surface area contributed by atoms with Crippen LogP contribution in [0, 0.1) is 5.82 Å². The Labute approximate surface area is 156 Å². The van der Waals surface area contributed by atoms with Crippen LogP contribution in [0.15, 0.2) is 48.5 Å². The number of anilines is 2. The minimum absolute atomic E-state index is 0.0158. The molecule has 0 fully saturated rings. The van der Waals surface area contributed by atoms with E-state index in [4.69, 9.17) is 0 Å². The lowest BCUT2D eigenvalue weighted by Gasteiger charge is -2.25.